The third-order valence-electron chi connectivity index (χ3n) is 4.25. The van der Waals surface area contributed by atoms with E-state index in [1.165, 1.54) is 0 Å². The summed E-state index contributed by atoms with van der Waals surface area (Å²) in [6.07, 6.45) is 6.25. The van der Waals surface area contributed by atoms with Crippen LogP contribution in [0.25, 0.3) is 0 Å². The summed E-state index contributed by atoms with van der Waals surface area (Å²) in [5.41, 5.74) is 1.23. The SMILES string of the molecule is COC[C@H]1CC[C@H]2[C@H](CCN2C(=O)c2cnc(C)cn2)O1. The molecule has 6 nitrogen and oxygen atoms in total. The van der Waals surface area contributed by atoms with Crippen molar-refractivity contribution in [2.45, 2.75) is 44.4 Å². The number of ether oxygens (including phenoxy) is 2. The van der Waals surface area contributed by atoms with E-state index in [-0.39, 0.29) is 24.2 Å². The van der Waals surface area contributed by atoms with Crippen LogP contribution >= 0.6 is 0 Å². The number of fused-ring (bicyclic) bond motifs is 1. The third kappa shape index (κ3) is 2.91. The van der Waals surface area contributed by atoms with Crippen molar-refractivity contribution in [3.05, 3.63) is 23.8 Å². The summed E-state index contributed by atoms with van der Waals surface area (Å²) in [6.45, 7) is 3.21. The summed E-state index contributed by atoms with van der Waals surface area (Å²) in [4.78, 5) is 22.8. The standard InChI is InChI=1S/C15H21N3O3/c1-10-7-17-12(8-16-10)15(19)18-6-5-14-13(18)4-3-11(21-14)9-20-2/h7-8,11,13-14H,3-6,9H2,1-2H3/t11-,13+,14+/m1/s1. The molecule has 0 bridgehead atoms. The molecule has 0 radical (unpaired) electrons. The highest BCUT2D eigenvalue weighted by Crippen LogP contribution is 2.32. The number of amides is 1. The van der Waals surface area contributed by atoms with E-state index in [0.29, 0.717) is 12.3 Å². The number of hydrogen-bond acceptors (Lipinski definition) is 5. The van der Waals surface area contributed by atoms with E-state index in [1.807, 2.05) is 11.8 Å². The molecule has 3 atom stereocenters. The summed E-state index contributed by atoms with van der Waals surface area (Å²) >= 11 is 0. The van der Waals surface area contributed by atoms with Gasteiger partial charge in [0.15, 0.2) is 0 Å². The monoisotopic (exact) mass is 291 g/mol. The molecular weight excluding hydrogens is 270 g/mol. The first kappa shape index (κ1) is 14.4. The second kappa shape index (κ2) is 6.07. The Labute approximate surface area is 124 Å². The Hall–Kier alpha value is -1.53. The van der Waals surface area contributed by atoms with E-state index < -0.39 is 0 Å². The maximum atomic E-state index is 12.6. The summed E-state index contributed by atoms with van der Waals surface area (Å²) in [7, 11) is 1.69. The van der Waals surface area contributed by atoms with Crippen LogP contribution in [0.4, 0.5) is 0 Å². The van der Waals surface area contributed by atoms with Gasteiger partial charge in [-0.25, -0.2) is 4.98 Å². The minimum Gasteiger partial charge on any atom is -0.382 e. The third-order valence-corrected chi connectivity index (χ3v) is 4.25. The number of aromatic nitrogens is 2. The molecule has 2 aliphatic heterocycles. The Morgan fingerprint density at radius 1 is 1.38 bits per heavy atom. The zero-order chi connectivity index (χ0) is 14.8. The number of rotatable bonds is 3. The largest absolute Gasteiger partial charge is 0.382 e. The molecule has 0 unspecified atom stereocenters. The lowest BCUT2D eigenvalue weighted by Crippen LogP contribution is -2.46. The number of methoxy groups -OCH3 is 1. The summed E-state index contributed by atoms with van der Waals surface area (Å²) in [6, 6.07) is 0.161. The molecule has 1 aromatic rings. The van der Waals surface area contributed by atoms with Crippen molar-refractivity contribution in [2.75, 3.05) is 20.3 Å². The number of carbonyl (C=O) groups is 1. The zero-order valence-electron chi connectivity index (χ0n) is 12.5. The number of carbonyl (C=O) groups excluding carboxylic acids is 1. The Morgan fingerprint density at radius 3 is 2.95 bits per heavy atom. The predicted molar refractivity (Wildman–Crippen MR) is 76.0 cm³/mol. The van der Waals surface area contributed by atoms with Gasteiger partial charge in [-0.3, -0.25) is 9.78 Å². The molecule has 6 heteroatoms. The molecule has 2 fully saturated rings. The summed E-state index contributed by atoms with van der Waals surface area (Å²) in [5, 5.41) is 0. The molecule has 2 saturated heterocycles. The van der Waals surface area contributed by atoms with Gasteiger partial charge in [0.2, 0.25) is 0 Å². The highest BCUT2D eigenvalue weighted by molar-refractivity contribution is 5.92. The lowest BCUT2D eigenvalue weighted by Gasteiger charge is -2.35. The molecule has 0 spiro atoms. The van der Waals surface area contributed by atoms with Crippen molar-refractivity contribution in [2.24, 2.45) is 0 Å². The van der Waals surface area contributed by atoms with Crippen molar-refractivity contribution >= 4 is 5.91 Å². The van der Waals surface area contributed by atoms with Gasteiger partial charge in [-0.15, -0.1) is 0 Å². The van der Waals surface area contributed by atoms with Crippen LogP contribution in [0.2, 0.25) is 0 Å². The van der Waals surface area contributed by atoms with Crippen LogP contribution in [-0.4, -0.2) is 59.3 Å². The molecular formula is C15H21N3O3. The maximum Gasteiger partial charge on any atom is 0.274 e. The molecule has 1 aromatic heterocycles. The fourth-order valence-corrected chi connectivity index (χ4v) is 3.21. The molecule has 1 amide bonds. The molecule has 3 rings (SSSR count). The van der Waals surface area contributed by atoms with Crippen molar-refractivity contribution in [3.63, 3.8) is 0 Å². The van der Waals surface area contributed by atoms with E-state index >= 15 is 0 Å². The lowest BCUT2D eigenvalue weighted by atomic mass is 9.99. The first-order chi connectivity index (χ1) is 10.2. The van der Waals surface area contributed by atoms with Crippen molar-refractivity contribution < 1.29 is 14.3 Å². The Morgan fingerprint density at radius 2 is 2.24 bits per heavy atom. The van der Waals surface area contributed by atoms with Crippen LogP contribution in [0, 0.1) is 6.92 Å². The molecule has 3 heterocycles. The summed E-state index contributed by atoms with van der Waals surface area (Å²) in [5.74, 6) is -0.0382. The van der Waals surface area contributed by atoms with Crippen LogP contribution < -0.4 is 0 Å². The summed E-state index contributed by atoms with van der Waals surface area (Å²) < 4.78 is 11.2. The first-order valence-electron chi connectivity index (χ1n) is 7.43. The molecule has 0 saturated carbocycles. The normalized spacial score (nSPS) is 28.5. The number of hydrogen-bond donors (Lipinski definition) is 0. The van der Waals surface area contributed by atoms with E-state index in [9.17, 15) is 4.79 Å². The zero-order valence-corrected chi connectivity index (χ0v) is 12.5. The topological polar surface area (TPSA) is 64.5 Å². The second-order valence-electron chi connectivity index (χ2n) is 5.73. The fraction of sp³-hybridized carbons (Fsp3) is 0.667. The lowest BCUT2D eigenvalue weighted by molar-refractivity contribution is -0.0903. The van der Waals surface area contributed by atoms with Crippen molar-refractivity contribution in [3.8, 4) is 0 Å². The van der Waals surface area contributed by atoms with Gasteiger partial charge in [0.05, 0.1) is 36.7 Å². The minimum absolute atomic E-state index is 0.0382. The van der Waals surface area contributed by atoms with Gasteiger partial charge in [-0.05, 0) is 26.2 Å². The smallest absolute Gasteiger partial charge is 0.274 e. The average Bonchev–Trinajstić information content (AvgIpc) is 2.91. The van der Waals surface area contributed by atoms with Crippen LogP contribution in [0.5, 0.6) is 0 Å². The van der Waals surface area contributed by atoms with E-state index in [4.69, 9.17) is 9.47 Å². The van der Waals surface area contributed by atoms with Crippen molar-refractivity contribution in [1.82, 2.24) is 14.9 Å². The van der Waals surface area contributed by atoms with Gasteiger partial charge in [0.1, 0.15) is 5.69 Å². The highest BCUT2D eigenvalue weighted by Gasteiger charge is 2.42. The average molecular weight is 291 g/mol. The van der Waals surface area contributed by atoms with Gasteiger partial charge in [-0.2, -0.15) is 0 Å². The predicted octanol–water partition coefficient (Wildman–Crippen LogP) is 1.19. The number of aryl methyl sites for hydroxylation is 1. The minimum atomic E-state index is -0.0382. The van der Waals surface area contributed by atoms with E-state index in [0.717, 1.165) is 31.5 Å². The van der Waals surface area contributed by atoms with Gasteiger partial charge >= 0.3 is 0 Å². The van der Waals surface area contributed by atoms with Crippen molar-refractivity contribution in [1.29, 1.82) is 0 Å². The van der Waals surface area contributed by atoms with Crippen LogP contribution in [-0.2, 0) is 9.47 Å². The van der Waals surface area contributed by atoms with Gasteiger partial charge in [0, 0.05) is 19.9 Å². The molecule has 0 aliphatic carbocycles. The molecule has 21 heavy (non-hydrogen) atoms. The van der Waals surface area contributed by atoms with Crippen LogP contribution in [0.3, 0.4) is 0 Å². The number of nitrogens with zero attached hydrogens (tertiary/aromatic N) is 3. The number of likely N-dealkylation sites (tertiary alicyclic amines) is 1. The first-order valence-corrected chi connectivity index (χ1v) is 7.43. The Bertz CT molecular complexity index is 505. The van der Waals surface area contributed by atoms with Gasteiger partial charge < -0.3 is 14.4 Å². The second-order valence-corrected chi connectivity index (χ2v) is 5.73. The molecule has 114 valence electrons. The van der Waals surface area contributed by atoms with E-state index in [1.54, 1.807) is 19.5 Å². The molecule has 2 aliphatic rings. The van der Waals surface area contributed by atoms with Gasteiger partial charge in [-0.1, -0.05) is 0 Å². The van der Waals surface area contributed by atoms with Crippen LogP contribution in [0.1, 0.15) is 35.4 Å². The van der Waals surface area contributed by atoms with Crippen LogP contribution in [0.15, 0.2) is 12.4 Å². The quantitative estimate of drug-likeness (QED) is 0.837. The molecule has 0 aromatic carbocycles. The Balaban J connectivity index is 1.68. The van der Waals surface area contributed by atoms with Gasteiger partial charge in [0.25, 0.3) is 5.91 Å². The molecule has 0 N–H and O–H groups in total. The van der Waals surface area contributed by atoms with E-state index in [2.05, 4.69) is 9.97 Å². The maximum absolute atomic E-state index is 12.6. The highest BCUT2D eigenvalue weighted by atomic mass is 16.5. The Kier molecular flexibility index (Phi) is 4.17. The fourth-order valence-electron chi connectivity index (χ4n) is 3.21.